The lowest BCUT2D eigenvalue weighted by Crippen LogP contribution is -2.30. The first-order valence-corrected chi connectivity index (χ1v) is 7.49. The van der Waals surface area contributed by atoms with Crippen molar-refractivity contribution in [2.24, 2.45) is 0 Å². The second-order valence-corrected chi connectivity index (χ2v) is 6.51. The Morgan fingerprint density at radius 2 is 2.26 bits per heavy atom. The number of carbonyl (C=O) groups is 1. The highest BCUT2D eigenvalue weighted by Crippen LogP contribution is 2.38. The molecule has 1 aliphatic rings. The molecule has 2 heterocycles. The Labute approximate surface area is 117 Å². The van der Waals surface area contributed by atoms with E-state index in [1.165, 1.54) is 22.9 Å². The zero-order valence-corrected chi connectivity index (χ0v) is 12.2. The van der Waals surface area contributed by atoms with Crippen molar-refractivity contribution in [2.45, 2.75) is 18.9 Å². The first-order valence-electron chi connectivity index (χ1n) is 6.67. The summed E-state index contributed by atoms with van der Waals surface area (Å²) >= 11 is 1.58. The van der Waals surface area contributed by atoms with Gasteiger partial charge in [-0.05, 0) is 33.0 Å². The molecule has 0 aromatic carbocycles. The summed E-state index contributed by atoms with van der Waals surface area (Å²) in [4.78, 5) is 14.9. The number of carbonyl (C=O) groups excluding carboxylic acids is 1. The van der Waals surface area contributed by atoms with Gasteiger partial charge in [0.1, 0.15) is 0 Å². The minimum Gasteiger partial charge on any atom is -0.350 e. The Morgan fingerprint density at radius 1 is 1.47 bits per heavy atom. The number of likely N-dealkylation sites (N-methyl/N-ethyl adjacent to an activating group) is 1. The zero-order valence-electron chi connectivity index (χ0n) is 11.3. The zero-order chi connectivity index (χ0) is 13.4. The summed E-state index contributed by atoms with van der Waals surface area (Å²) in [5, 5.41) is 4.14. The molecule has 0 radical (unpaired) electrons. The van der Waals surface area contributed by atoms with Gasteiger partial charge >= 0.3 is 0 Å². The van der Waals surface area contributed by atoms with E-state index in [1.807, 2.05) is 20.2 Å². The van der Waals surface area contributed by atoms with E-state index in [0.717, 1.165) is 11.4 Å². The van der Waals surface area contributed by atoms with Crippen LogP contribution in [0.5, 0.6) is 0 Å². The van der Waals surface area contributed by atoms with Crippen LogP contribution in [0.2, 0.25) is 0 Å². The Hall–Kier alpha value is -1.33. The molecule has 0 bridgehead atoms. The normalized spacial score (nSPS) is 15.3. The Balaban J connectivity index is 1.67. The van der Waals surface area contributed by atoms with Crippen molar-refractivity contribution in [1.29, 1.82) is 0 Å². The molecular weight excluding hydrogens is 258 g/mol. The largest absolute Gasteiger partial charge is 0.350 e. The number of hydrogen-bond donors (Lipinski definition) is 1. The van der Waals surface area contributed by atoms with E-state index in [2.05, 4.69) is 27.2 Å². The minimum absolute atomic E-state index is 0.0426. The van der Waals surface area contributed by atoms with Crippen molar-refractivity contribution >= 4 is 27.3 Å². The van der Waals surface area contributed by atoms with Crippen LogP contribution in [0.3, 0.4) is 0 Å². The highest BCUT2D eigenvalue weighted by molar-refractivity contribution is 7.20. The molecule has 2 aromatic heterocycles. The van der Waals surface area contributed by atoms with Crippen molar-refractivity contribution in [1.82, 2.24) is 14.8 Å². The summed E-state index contributed by atoms with van der Waals surface area (Å²) in [5.74, 6) is 0.0426. The number of nitrogens with one attached hydrogen (secondary N) is 1. The molecule has 0 atom stereocenters. The average Bonchev–Trinajstić information content (AvgIpc) is 2.99. The topological polar surface area (TPSA) is 37.3 Å². The lowest BCUT2D eigenvalue weighted by molar-refractivity contribution is 0.0955. The Bertz CT molecular complexity index is 563. The van der Waals surface area contributed by atoms with Crippen LogP contribution in [0.4, 0.5) is 0 Å². The molecule has 102 valence electrons. The average molecular weight is 277 g/mol. The second-order valence-electron chi connectivity index (χ2n) is 5.43. The number of rotatable bonds is 5. The molecule has 0 unspecified atom stereocenters. The van der Waals surface area contributed by atoms with Crippen LogP contribution in [-0.2, 0) is 0 Å². The van der Waals surface area contributed by atoms with Crippen LogP contribution < -0.4 is 5.32 Å². The van der Waals surface area contributed by atoms with Crippen molar-refractivity contribution in [3.63, 3.8) is 0 Å². The number of amides is 1. The molecule has 5 heteroatoms. The number of thiophene rings is 1. The Kier molecular flexibility index (Phi) is 3.33. The molecule has 3 rings (SSSR count). The quantitative estimate of drug-likeness (QED) is 0.911. The first kappa shape index (κ1) is 12.7. The lowest BCUT2D eigenvalue weighted by atomic mass is 10.3. The molecule has 1 aliphatic carbocycles. The van der Waals surface area contributed by atoms with E-state index < -0.39 is 0 Å². The summed E-state index contributed by atoms with van der Waals surface area (Å²) in [6, 6.07) is 2.71. The predicted molar refractivity (Wildman–Crippen MR) is 79.0 cm³/mol. The maximum atomic E-state index is 12.0. The standard InChI is InChI=1S/C14H19N3OS/c1-16(2)6-5-15-14(18)12-7-10-8-17(11-3-4-11)9-13(10)19-12/h7-9,11H,3-6H2,1-2H3,(H,15,18). The van der Waals surface area contributed by atoms with Crippen molar-refractivity contribution in [3.05, 3.63) is 23.3 Å². The number of aromatic nitrogens is 1. The summed E-state index contributed by atoms with van der Waals surface area (Å²) in [7, 11) is 4.00. The molecule has 19 heavy (non-hydrogen) atoms. The van der Waals surface area contributed by atoms with Crippen LogP contribution >= 0.6 is 11.3 Å². The SMILES string of the molecule is CN(C)CCNC(=O)c1cc2cn(C3CC3)cc2s1. The van der Waals surface area contributed by atoms with Crippen molar-refractivity contribution in [2.75, 3.05) is 27.2 Å². The van der Waals surface area contributed by atoms with Crippen molar-refractivity contribution < 1.29 is 4.79 Å². The van der Waals surface area contributed by atoms with E-state index in [1.54, 1.807) is 11.3 Å². The van der Waals surface area contributed by atoms with E-state index in [4.69, 9.17) is 0 Å². The van der Waals surface area contributed by atoms with Gasteiger partial charge in [-0.25, -0.2) is 0 Å². The molecule has 0 spiro atoms. The van der Waals surface area contributed by atoms with Gasteiger partial charge in [-0.1, -0.05) is 0 Å². The first-order chi connectivity index (χ1) is 9.13. The Morgan fingerprint density at radius 3 is 2.89 bits per heavy atom. The third kappa shape index (κ3) is 2.82. The fourth-order valence-corrected chi connectivity index (χ4v) is 3.12. The third-order valence-electron chi connectivity index (χ3n) is 3.38. The molecular formula is C14H19N3OS. The van der Waals surface area contributed by atoms with Crippen molar-refractivity contribution in [3.8, 4) is 0 Å². The number of nitrogens with zero attached hydrogens (tertiary/aromatic N) is 2. The smallest absolute Gasteiger partial charge is 0.261 e. The number of fused-ring (bicyclic) bond motifs is 1. The molecule has 1 N–H and O–H groups in total. The number of hydrogen-bond acceptors (Lipinski definition) is 3. The maximum Gasteiger partial charge on any atom is 0.261 e. The van der Waals surface area contributed by atoms with E-state index in [-0.39, 0.29) is 5.91 Å². The van der Waals surface area contributed by atoms with Gasteiger partial charge in [0.15, 0.2) is 0 Å². The van der Waals surface area contributed by atoms with Gasteiger partial charge in [0.25, 0.3) is 5.91 Å². The van der Waals surface area contributed by atoms with Gasteiger partial charge in [0, 0.05) is 36.9 Å². The monoisotopic (exact) mass is 277 g/mol. The van der Waals surface area contributed by atoms with Crippen LogP contribution in [0.1, 0.15) is 28.6 Å². The van der Waals surface area contributed by atoms with Gasteiger partial charge in [-0.15, -0.1) is 11.3 Å². The fraction of sp³-hybridized carbons (Fsp3) is 0.500. The molecule has 4 nitrogen and oxygen atoms in total. The van der Waals surface area contributed by atoms with Gasteiger partial charge in [0.2, 0.25) is 0 Å². The second kappa shape index (κ2) is 4.98. The van der Waals surface area contributed by atoms with E-state index in [9.17, 15) is 4.79 Å². The van der Waals surface area contributed by atoms with E-state index in [0.29, 0.717) is 12.6 Å². The van der Waals surface area contributed by atoms with Crippen LogP contribution in [0, 0.1) is 0 Å². The predicted octanol–water partition coefficient (Wildman–Crippen LogP) is 2.33. The summed E-state index contributed by atoms with van der Waals surface area (Å²) < 4.78 is 3.50. The van der Waals surface area contributed by atoms with Gasteiger partial charge in [-0.3, -0.25) is 4.79 Å². The highest BCUT2D eigenvalue weighted by atomic mass is 32.1. The maximum absolute atomic E-state index is 12.0. The molecule has 0 aliphatic heterocycles. The van der Waals surface area contributed by atoms with Gasteiger partial charge < -0.3 is 14.8 Å². The van der Waals surface area contributed by atoms with Gasteiger partial charge in [-0.2, -0.15) is 0 Å². The fourth-order valence-electron chi connectivity index (χ4n) is 2.13. The highest BCUT2D eigenvalue weighted by Gasteiger charge is 2.23. The van der Waals surface area contributed by atoms with Crippen LogP contribution in [0.25, 0.3) is 10.1 Å². The summed E-state index contributed by atoms with van der Waals surface area (Å²) in [5.41, 5.74) is 0. The third-order valence-corrected chi connectivity index (χ3v) is 4.47. The molecule has 2 aromatic rings. The van der Waals surface area contributed by atoms with Gasteiger partial charge in [0.05, 0.1) is 9.58 Å². The van der Waals surface area contributed by atoms with E-state index >= 15 is 0 Å². The molecule has 1 fully saturated rings. The molecule has 1 saturated carbocycles. The lowest BCUT2D eigenvalue weighted by Gasteiger charge is -2.09. The van der Waals surface area contributed by atoms with Crippen LogP contribution in [-0.4, -0.2) is 42.6 Å². The molecule has 0 saturated heterocycles. The summed E-state index contributed by atoms with van der Waals surface area (Å²) in [6.45, 7) is 1.56. The molecule has 1 amide bonds. The summed E-state index contributed by atoms with van der Waals surface area (Å²) in [6.07, 6.45) is 6.92. The van der Waals surface area contributed by atoms with Crippen LogP contribution in [0.15, 0.2) is 18.5 Å². The minimum atomic E-state index is 0.0426.